The van der Waals surface area contributed by atoms with Gasteiger partial charge in [-0.1, -0.05) is 29.1 Å². The quantitative estimate of drug-likeness (QED) is 0.569. The summed E-state index contributed by atoms with van der Waals surface area (Å²) in [5.41, 5.74) is 0.921. The molecular formula is C15H17N5OS. The van der Waals surface area contributed by atoms with Gasteiger partial charge < -0.3 is 9.84 Å². The SMILES string of the molecule is CCNc1nc(SC(C)c2nc(C)no2)nc2ccccc12. The smallest absolute Gasteiger partial charge is 0.239 e. The molecule has 3 aromatic rings. The van der Waals surface area contributed by atoms with E-state index in [1.165, 1.54) is 11.8 Å². The number of para-hydroxylation sites is 1. The maximum Gasteiger partial charge on any atom is 0.239 e. The second-order valence-electron chi connectivity index (χ2n) is 4.84. The number of thioether (sulfide) groups is 1. The van der Waals surface area contributed by atoms with Crippen LogP contribution in [0.25, 0.3) is 10.9 Å². The van der Waals surface area contributed by atoms with Gasteiger partial charge in [0.25, 0.3) is 0 Å². The van der Waals surface area contributed by atoms with Gasteiger partial charge in [0.1, 0.15) is 5.82 Å². The first-order valence-electron chi connectivity index (χ1n) is 7.15. The van der Waals surface area contributed by atoms with Crippen LogP contribution in [0.4, 0.5) is 5.82 Å². The van der Waals surface area contributed by atoms with Crippen LogP contribution in [0.2, 0.25) is 0 Å². The molecule has 1 aromatic carbocycles. The van der Waals surface area contributed by atoms with Gasteiger partial charge in [-0.2, -0.15) is 4.98 Å². The van der Waals surface area contributed by atoms with Gasteiger partial charge in [0.15, 0.2) is 11.0 Å². The van der Waals surface area contributed by atoms with E-state index < -0.39 is 0 Å². The first-order chi connectivity index (χ1) is 10.7. The number of aryl methyl sites for hydroxylation is 1. The molecule has 2 heterocycles. The Morgan fingerprint density at radius 2 is 2.05 bits per heavy atom. The Labute approximate surface area is 132 Å². The molecule has 1 N–H and O–H groups in total. The molecule has 0 fully saturated rings. The topological polar surface area (TPSA) is 76.7 Å². The van der Waals surface area contributed by atoms with Crippen molar-refractivity contribution in [2.75, 3.05) is 11.9 Å². The van der Waals surface area contributed by atoms with Crippen LogP contribution < -0.4 is 5.32 Å². The normalized spacial score (nSPS) is 12.5. The zero-order chi connectivity index (χ0) is 15.5. The lowest BCUT2D eigenvalue weighted by molar-refractivity contribution is 0.376. The van der Waals surface area contributed by atoms with E-state index in [4.69, 9.17) is 4.52 Å². The predicted octanol–water partition coefficient (Wildman–Crippen LogP) is 3.61. The van der Waals surface area contributed by atoms with Crippen LogP contribution in [0.15, 0.2) is 33.9 Å². The molecule has 114 valence electrons. The molecule has 2 aromatic heterocycles. The Morgan fingerprint density at radius 1 is 1.23 bits per heavy atom. The Kier molecular flexibility index (Phi) is 4.24. The van der Waals surface area contributed by atoms with Gasteiger partial charge in [-0.15, -0.1) is 0 Å². The van der Waals surface area contributed by atoms with Crippen molar-refractivity contribution in [3.63, 3.8) is 0 Å². The van der Waals surface area contributed by atoms with Gasteiger partial charge in [0, 0.05) is 11.9 Å². The minimum atomic E-state index is -0.00293. The number of nitrogens with one attached hydrogen (secondary N) is 1. The fraction of sp³-hybridized carbons (Fsp3) is 0.333. The van der Waals surface area contributed by atoms with E-state index in [1.54, 1.807) is 6.92 Å². The predicted molar refractivity (Wildman–Crippen MR) is 87.0 cm³/mol. The Balaban J connectivity index is 1.93. The number of hydrogen-bond acceptors (Lipinski definition) is 7. The largest absolute Gasteiger partial charge is 0.370 e. The summed E-state index contributed by atoms with van der Waals surface area (Å²) < 4.78 is 5.21. The molecule has 0 amide bonds. The molecule has 1 atom stereocenters. The molecule has 0 aliphatic rings. The highest BCUT2D eigenvalue weighted by Gasteiger charge is 2.17. The molecule has 0 saturated carbocycles. The minimum absolute atomic E-state index is 0.00293. The van der Waals surface area contributed by atoms with E-state index in [9.17, 15) is 0 Å². The van der Waals surface area contributed by atoms with Gasteiger partial charge in [-0.3, -0.25) is 0 Å². The number of hydrogen-bond donors (Lipinski definition) is 1. The second-order valence-corrected chi connectivity index (χ2v) is 6.15. The van der Waals surface area contributed by atoms with Crippen LogP contribution >= 0.6 is 11.8 Å². The van der Waals surface area contributed by atoms with Crippen molar-refractivity contribution < 1.29 is 4.52 Å². The standard InChI is InChI=1S/C15H17N5OS/c1-4-16-13-11-7-5-6-8-12(11)18-15(19-13)22-9(2)14-17-10(3)20-21-14/h5-9H,4H2,1-3H3,(H,16,18,19). The monoisotopic (exact) mass is 315 g/mol. The Hall–Kier alpha value is -2.15. The van der Waals surface area contributed by atoms with Crippen LogP contribution in [0, 0.1) is 6.92 Å². The fourth-order valence-corrected chi connectivity index (χ4v) is 2.90. The molecule has 22 heavy (non-hydrogen) atoms. The van der Waals surface area contributed by atoms with E-state index in [1.807, 2.05) is 38.1 Å². The molecule has 0 aliphatic heterocycles. The Morgan fingerprint density at radius 3 is 2.77 bits per heavy atom. The summed E-state index contributed by atoms with van der Waals surface area (Å²) >= 11 is 1.51. The van der Waals surface area contributed by atoms with Crippen LogP contribution in [0.1, 0.15) is 30.8 Å². The highest BCUT2D eigenvalue weighted by atomic mass is 32.2. The summed E-state index contributed by atoms with van der Waals surface area (Å²) in [7, 11) is 0. The van der Waals surface area contributed by atoms with Crippen LogP contribution in [-0.4, -0.2) is 26.7 Å². The molecule has 0 aliphatic carbocycles. The minimum Gasteiger partial charge on any atom is -0.370 e. The van der Waals surface area contributed by atoms with Crippen LogP contribution in [-0.2, 0) is 0 Å². The zero-order valence-corrected chi connectivity index (χ0v) is 13.5. The highest BCUT2D eigenvalue weighted by Crippen LogP contribution is 2.33. The van der Waals surface area contributed by atoms with Gasteiger partial charge in [0.05, 0.1) is 10.8 Å². The molecule has 0 spiro atoms. The molecular weight excluding hydrogens is 298 g/mol. The lowest BCUT2D eigenvalue weighted by Gasteiger charge is -2.10. The third-order valence-electron chi connectivity index (χ3n) is 3.10. The lowest BCUT2D eigenvalue weighted by Crippen LogP contribution is -2.03. The average Bonchev–Trinajstić information content (AvgIpc) is 2.94. The summed E-state index contributed by atoms with van der Waals surface area (Å²) in [5, 5.41) is 8.83. The molecule has 7 heteroatoms. The van der Waals surface area contributed by atoms with Crippen LogP contribution in [0.5, 0.6) is 0 Å². The first-order valence-corrected chi connectivity index (χ1v) is 8.03. The van der Waals surface area contributed by atoms with Gasteiger partial charge in [-0.05, 0) is 32.9 Å². The molecule has 0 bridgehead atoms. The van der Waals surface area contributed by atoms with Gasteiger partial charge in [-0.25, -0.2) is 9.97 Å². The van der Waals surface area contributed by atoms with E-state index in [0.29, 0.717) is 16.9 Å². The number of nitrogens with zero attached hydrogens (tertiary/aromatic N) is 4. The van der Waals surface area contributed by atoms with E-state index in [-0.39, 0.29) is 5.25 Å². The van der Waals surface area contributed by atoms with Crippen molar-refractivity contribution in [2.45, 2.75) is 31.2 Å². The number of benzene rings is 1. The zero-order valence-electron chi connectivity index (χ0n) is 12.7. The molecule has 3 rings (SSSR count). The fourth-order valence-electron chi connectivity index (χ4n) is 2.10. The highest BCUT2D eigenvalue weighted by molar-refractivity contribution is 7.99. The van der Waals surface area contributed by atoms with Crippen LogP contribution in [0.3, 0.4) is 0 Å². The van der Waals surface area contributed by atoms with Crippen molar-refractivity contribution >= 4 is 28.5 Å². The summed E-state index contributed by atoms with van der Waals surface area (Å²) in [6.45, 7) is 6.67. The second kappa shape index (κ2) is 6.31. The number of fused-ring (bicyclic) bond motifs is 1. The van der Waals surface area contributed by atoms with E-state index in [2.05, 4.69) is 25.4 Å². The van der Waals surface area contributed by atoms with Gasteiger partial charge in [0.2, 0.25) is 5.89 Å². The van der Waals surface area contributed by atoms with Crippen molar-refractivity contribution in [1.29, 1.82) is 0 Å². The third-order valence-corrected chi connectivity index (χ3v) is 4.05. The summed E-state index contributed by atoms with van der Waals surface area (Å²) in [6, 6.07) is 7.98. The number of rotatable bonds is 5. The summed E-state index contributed by atoms with van der Waals surface area (Å²) in [6.07, 6.45) is 0. The number of aromatic nitrogens is 4. The van der Waals surface area contributed by atoms with Crippen molar-refractivity contribution in [3.05, 3.63) is 36.0 Å². The summed E-state index contributed by atoms with van der Waals surface area (Å²) in [5.74, 6) is 2.07. The third kappa shape index (κ3) is 3.04. The van der Waals surface area contributed by atoms with Crippen molar-refractivity contribution in [2.24, 2.45) is 0 Å². The van der Waals surface area contributed by atoms with Crippen molar-refractivity contribution in [1.82, 2.24) is 20.1 Å². The molecule has 0 radical (unpaired) electrons. The van der Waals surface area contributed by atoms with E-state index >= 15 is 0 Å². The van der Waals surface area contributed by atoms with Crippen molar-refractivity contribution in [3.8, 4) is 0 Å². The van der Waals surface area contributed by atoms with E-state index in [0.717, 1.165) is 23.3 Å². The summed E-state index contributed by atoms with van der Waals surface area (Å²) in [4.78, 5) is 13.5. The maximum absolute atomic E-state index is 5.21. The Bertz CT molecular complexity index is 788. The number of anilines is 1. The average molecular weight is 315 g/mol. The van der Waals surface area contributed by atoms with Gasteiger partial charge >= 0.3 is 0 Å². The maximum atomic E-state index is 5.21. The molecule has 1 unspecified atom stereocenters. The molecule has 0 saturated heterocycles. The molecule has 6 nitrogen and oxygen atoms in total. The first kappa shape index (κ1) is 14.8. The lowest BCUT2D eigenvalue weighted by atomic mass is 10.2.